The maximum absolute atomic E-state index is 13.8. The smallest absolute Gasteiger partial charge is 0.162 e. The Morgan fingerprint density at radius 1 is 1.15 bits per heavy atom. The molecule has 2 aromatic carbocycles. The summed E-state index contributed by atoms with van der Waals surface area (Å²) in [6.07, 6.45) is 0. The van der Waals surface area contributed by atoms with Crippen LogP contribution in [0.2, 0.25) is 0 Å². The van der Waals surface area contributed by atoms with Gasteiger partial charge in [0.15, 0.2) is 11.5 Å². The molecule has 0 aromatic heterocycles. The van der Waals surface area contributed by atoms with Crippen LogP contribution in [0.15, 0.2) is 34.8 Å². The average molecular weight is 341 g/mol. The standard InChI is InChI=1S/C14H14BrFN2O2/c1-19-12-6-10(17)11(7-13(12)20-2)18-14-8(15)4-3-5-9(14)16/h3-7,18H,17H2,1-2H3. The Morgan fingerprint density at radius 3 is 2.40 bits per heavy atom. The number of hydrogen-bond donors (Lipinski definition) is 2. The molecule has 6 heteroatoms. The number of anilines is 3. The second-order valence-corrected chi connectivity index (χ2v) is 4.87. The van der Waals surface area contributed by atoms with Crippen molar-refractivity contribution in [1.29, 1.82) is 0 Å². The lowest BCUT2D eigenvalue weighted by molar-refractivity contribution is 0.355. The highest BCUT2D eigenvalue weighted by molar-refractivity contribution is 9.10. The van der Waals surface area contributed by atoms with E-state index >= 15 is 0 Å². The number of hydrogen-bond acceptors (Lipinski definition) is 4. The summed E-state index contributed by atoms with van der Waals surface area (Å²) in [5, 5.41) is 2.95. The molecule has 0 saturated heterocycles. The third-order valence-corrected chi connectivity index (χ3v) is 3.44. The van der Waals surface area contributed by atoms with Crippen molar-refractivity contribution in [3.8, 4) is 11.5 Å². The molecule has 0 atom stereocenters. The Kier molecular flexibility index (Phi) is 4.34. The third kappa shape index (κ3) is 2.80. The first-order chi connectivity index (χ1) is 9.56. The summed E-state index contributed by atoms with van der Waals surface area (Å²) in [4.78, 5) is 0. The number of rotatable bonds is 4. The normalized spacial score (nSPS) is 10.2. The zero-order valence-corrected chi connectivity index (χ0v) is 12.6. The lowest BCUT2D eigenvalue weighted by Crippen LogP contribution is -2.01. The van der Waals surface area contributed by atoms with Crippen molar-refractivity contribution in [2.75, 3.05) is 25.3 Å². The highest BCUT2D eigenvalue weighted by Crippen LogP contribution is 2.37. The monoisotopic (exact) mass is 340 g/mol. The quantitative estimate of drug-likeness (QED) is 0.828. The van der Waals surface area contributed by atoms with Gasteiger partial charge in [-0.15, -0.1) is 0 Å². The lowest BCUT2D eigenvalue weighted by atomic mass is 10.2. The molecule has 0 aliphatic carbocycles. The van der Waals surface area contributed by atoms with Crippen LogP contribution in [-0.2, 0) is 0 Å². The number of nitrogens with two attached hydrogens (primary N) is 1. The van der Waals surface area contributed by atoms with E-state index in [1.165, 1.54) is 20.3 Å². The predicted molar refractivity (Wildman–Crippen MR) is 81.3 cm³/mol. The van der Waals surface area contributed by atoms with Crippen molar-refractivity contribution in [2.24, 2.45) is 0 Å². The minimum absolute atomic E-state index is 0.311. The summed E-state index contributed by atoms with van der Waals surface area (Å²) in [7, 11) is 3.05. The van der Waals surface area contributed by atoms with Gasteiger partial charge in [0.25, 0.3) is 0 Å². The molecule has 4 nitrogen and oxygen atoms in total. The van der Waals surface area contributed by atoms with Crippen LogP contribution in [-0.4, -0.2) is 14.2 Å². The van der Waals surface area contributed by atoms with Crippen LogP contribution in [0.1, 0.15) is 0 Å². The van der Waals surface area contributed by atoms with Crippen molar-refractivity contribution in [1.82, 2.24) is 0 Å². The topological polar surface area (TPSA) is 56.5 Å². The molecule has 0 amide bonds. The van der Waals surface area contributed by atoms with Crippen LogP contribution in [0.3, 0.4) is 0 Å². The number of para-hydroxylation sites is 1. The van der Waals surface area contributed by atoms with Crippen molar-refractivity contribution < 1.29 is 13.9 Å². The van der Waals surface area contributed by atoms with Crippen LogP contribution >= 0.6 is 15.9 Å². The Hall–Kier alpha value is -1.95. The van der Waals surface area contributed by atoms with Gasteiger partial charge >= 0.3 is 0 Å². The number of nitrogens with one attached hydrogen (secondary N) is 1. The maximum Gasteiger partial charge on any atom is 0.162 e. The molecule has 0 fully saturated rings. The highest BCUT2D eigenvalue weighted by Gasteiger charge is 2.12. The van der Waals surface area contributed by atoms with Gasteiger partial charge in [0, 0.05) is 16.6 Å². The summed E-state index contributed by atoms with van der Waals surface area (Å²) in [5.41, 5.74) is 7.21. The van der Waals surface area contributed by atoms with Gasteiger partial charge in [-0.1, -0.05) is 6.07 Å². The molecule has 0 aliphatic rings. The van der Waals surface area contributed by atoms with Crippen LogP contribution in [0.25, 0.3) is 0 Å². The van der Waals surface area contributed by atoms with Gasteiger partial charge in [0.1, 0.15) is 5.82 Å². The Morgan fingerprint density at radius 2 is 1.80 bits per heavy atom. The predicted octanol–water partition coefficient (Wildman–Crippen LogP) is 3.93. The summed E-state index contributed by atoms with van der Waals surface area (Å²) < 4.78 is 24.8. The molecular formula is C14H14BrFN2O2. The third-order valence-electron chi connectivity index (χ3n) is 2.78. The number of methoxy groups -OCH3 is 2. The summed E-state index contributed by atoms with van der Waals surface area (Å²) >= 11 is 3.29. The van der Waals surface area contributed by atoms with E-state index in [9.17, 15) is 4.39 Å². The highest BCUT2D eigenvalue weighted by atomic mass is 79.9. The molecule has 0 unspecified atom stereocenters. The van der Waals surface area contributed by atoms with Crippen molar-refractivity contribution in [3.05, 3.63) is 40.6 Å². The zero-order chi connectivity index (χ0) is 14.7. The number of nitrogen functional groups attached to an aromatic ring is 1. The second-order valence-electron chi connectivity index (χ2n) is 4.02. The van der Waals surface area contributed by atoms with Crippen molar-refractivity contribution in [2.45, 2.75) is 0 Å². The first-order valence-corrected chi connectivity index (χ1v) is 6.58. The molecule has 0 spiro atoms. The van der Waals surface area contributed by atoms with Crippen molar-refractivity contribution >= 4 is 33.0 Å². The lowest BCUT2D eigenvalue weighted by Gasteiger charge is -2.15. The van der Waals surface area contributed by atoms with E-state index in [1.54, 1.807) is 24.3 Å². The summed E-state index contributed by atoms with van der Waals surface area (Å²) in [6, 6.07) is 8.00. The van der Waals surface area contributed by atoms with Crippen LogP contribution in [0, 0.1) is 5.82 Å². The largest absolute Gasteiger partial charge is 0.493 e. The van der Waals surface area contributed by atoms with E-state index in [4.69, 9.17) is 15.2 Å². The van der Waals surface area contributed by atoms with E-state index < -0.39 is 0 Å². The Labute approximate surface area is 124 Å². The van der Waals surface area contributed by atoms with E-state index in [0.29, 0.717) is 33.0 Å². The number of ether oxygens (including phenoxy) is 2. The molecule has 3 N–H and O–H groups in total. The van der Waals surface area contributed by atoms with Gasteiger partial charge < -0.3 is 20.5 Å². The van der Waals surface area contributed by atoms with Gasteiger partial charge in [0.2, 0.25) is 0 Å². The van der Waals surface area contributed by atoms with Gasteiger partial charge in [-0.25, -0.2) is 4.39 Å². The molecule has 0 bridgehead atoms. The molecule has 106 valence electrons. The number of halogens is 2. The molecule has 2 rings (SSSR count). The molecule has 2 aromatic rings. The maximum atomic E-state index is 13.8. The van der Waals surface area contributed by atoms with Crippen LogP contribution in [0.5, 0.6) is 11.5 Å². The second kappa shape index (κ2) is 6.00. The minimum atomic E-state index is -0.381. The van der Waals surface area contributed by atoms with E-state index in [2.05, 4.69) is 21.2 Å². The molecule has 0 saturated carbocycles. The molecule has 0 radical (unpaired) electrons. The number of benzene rings is 2. The van der Waals surface area contributed by atoms with Crippen molar-refractivity contribution in [3.63, 3.8) is 0 Å². The fourth-order valence-corrected chi connectivity index (χ4v) is 2.20. The van der Waals surface area contributed by atoms with Gasteiger partial charge in [-0.3, -0.25) is 0 Å². The molecule has 0 heterocycles. The van der Waals surface area contributed by atoms with Gasteiger partial charge in [0.05, 0.1) is 31.3 Å². The summed E-state index contributed by atoms with van der Waals surface area (Å²) in [6.45, 7) is 0. The van der Waals surface area contributed by atoms with E-state index in [0.717, 1.165) is 0 Å². The Balaban J connectivity index is 2.44. The molecule has 20 heavy (non-hydrogen) atoms. The molecular weight excluding hydrogens is 327 g/mol. The first kappa shape index (κ1) is 14.5. The fraction of sp³-hybridized carbons (Fsp3) is 0.143. The van der Waals surface area contributed by atoms with Gasteiger partial charge in [-0.2, -0.15) is 0 Å². The van der Waals surface area contributed by atoms with Crippen LogP contribution < -0.4 is 20.5 Å². The zero-order valence-electron chi connectivity index (χ0n) is 11.0. The van der Waals surface area contributed by atoms with Crippen LogP contribution in [0.4, 0.5) is 21.5 Å². The van der Waals surface area contributed by atoms with Gasteiger partial charge in [-0.05, 0) is 28.1 Å². The molecule has 0 aliphatic heterocycles. The minimum Gasteiger partial charge on any atom is -0.493 e. The SMILES string of the molecule is COc1cc(N)c(Nc2c(F)cccc2Br)cc1OC. The Bertz CT molecular complexity index is 615. The average Bonchev–Trinajstić information content (AvgIpc) is 2.44. The van der Waals surface area contributed by atoms with E-state index in [-0.39, 0.29) is 5.82 Å². The van der Waals surface area contributed by atoms with E-state index in [1.807, 2.05) is 0 Å². The summed E-state index contributed by atoms with van der Waals surface area (Å²) in [5.74, 6) is 0.647. The fourth-order valence-electron chi connectivity index (χ4n) is 1.75. The first-order valence-electron chi connectivity index (χ1n) is 5.79.